The topological polar surface area (TPSA) is 96.5 Å². The van der Waals surface area contributed by atoms with Crippen LogP contribution in [0.4, 0.5) is 0 Å². The molecule has 2 atom stereocenters. The number of hydrogen-bond acceptors (Lipinski definition) is 5. The summed E-state index contributed by atoms with van der Waals surface area (Å²) in [5.74, 6) is -1.47. The lowest BCUT2D eigenvalue weighted by Crippen LogP contribution is -2.47. The number of aliphatic carboxylic acids is 1. The first kappa shape index (κ1) is 17.4. The van der Waals surface area contributed by atoms with Crippen LogP contribution < -0.4 is 0 Å². The molecule has 2 aromatic rings. The van der Waals surface area contributed by atoms with Crippen molar-refractivity contribution in [2.24, 2.45) is 5.92 Å². The fourth-order valence-electron chi connectivity index (χ4n) is 3.41. The number of aromatic nitrogens is 2. The van der Waals surface area contributed by atoms with Gasteiger partial charge in [0.1, 0.15) is 0 Å². The number of amides is 1. The summed E-state index contributed by atoms with van der Waals surface area (Å²) >= 11 is 0. The fraction of sp³-hybridized carbons (Fsp3) is 0.556. The van der Waals surface area contributed by atoms with Gasteiger partial charge in [-0.1, -0.05) is 19.0 Å². The van der Waals surface area contributed by atoms with E-state index in [9.17, 15) is 14.7 Å². The number of carboxylic acid groups (broad SMARTS) is 1. The van der Waals surface area contributed by atoms with Crippen molar-refractivity contribution in [2.75, 3.05) is 6.54 Å². The molecule has 0 spiro atoms. The zero-order valence-electron chi connectivity index (χ0n) is 14.9. The molecule has 3 rings (SSSR count). The van der Waals surface area contributed by atoms with Gasteiger partial charge in [-0.15, -0.1) is 0 Å². The molecule has 0 bridgehead atoms. The summed E-state index contributed by atoms with van der Waals surface area (Å²) in [4.78, 5) is 30.6. The molecular formula is C18H23N3O4. The standard InChI is InChI=1S/C18H23N3O4/c1-9(2)15-14-13(7-10(3)19-16(14)25-20-15)17(22)21-8-12(18(23)24)6-5-11(21)4/h7,9,11-12H,5-6,8H2,1-4H3,(H,23,24). The van der Waals surface area contributed by atoms with Gasteiger partial charge in [-0.2, -0.15) is 0 Å². The van der Waals surface area contributed by atoms with E-state index < -0.39 is 11.9 Å². The highest BCUT2D eigenvalue weighted by Crippen LogP contribution is 2.30. The van der Waals surface area contributed by atoms with Gasteiger partial charge in [0.15, 0.2) is 0 Å². The predicted octanol–water partition coefficient (Wildman–Crippen LogP) is 2.98. The monoisotopic (exact) mass is 345 g/mol. The van der Waals surface area contributed by atoms with E-state index in [-0.39, 0.29) is 24.4 Å². The Kier molecular flexibility index (Phi) is 4.49. The van der Waals surface area contributed by atoms with Gasteiger partial charge in [0, 0.05) is 18.3 Å². The Morgan fingerprint density at radius 2 is 2.08 bits per heavy atom. The van der Waals surface area contributed by atoms with Crippen molar-refractivity contribution in [3.05, 3.63) is 23.0 Å². The molecule has 1 N–H and O–H groups in total. The average molecular weight is 345 g/mol. The van der Waals surface area contributed by atoms with Gasteiger partial charge in [-0.3, -0.25) is 9.59 Å². The number of fused-ring (bicyclic) bond motifs is 1. The molecule has 7 heteroatoms. The van der Waals surface area contributed by atoms with E-state index in [2.05, 4.69) is 10.1 Å². The van der Waals surface area contributed by atoms with Gasteiger partial charge in [0.2, 0.25) is 0 Å². The first-order chi connectivity index (χ1) is 11.8. The van der Waals surface area contributed by atoms with Crippen molar-refractivity contribution in [3.63, 3.8) is 0 Å². The molecule has 25 heavy (non-hydrogen) atoms. The van der Waals surface area contributed by atoms with Gasteiger partial charge in [-0.25, -0.2) is 4.98 Å². The molecule has 0 aromatic carbocycles. The van der Waals surface area contributed by atoms with Crippen molar-refractivity contribution in [2.45, 2.75) is 52.5 Å². The van der Waals surface area contributed by atoms with Crippen LogP contribution in [0, 0.1) is 12.8 Å². The molecule has 0 aliphatic carbocycles. The summed E-state index contributed by atoms with van der Waals surface area (Å²) < 4.78 is 5.33. The van der Waals surface area contributed by atoms with Crippen LogP contribution in [0.25, 0.3) is 11.1 Å². The summed E-state index contributed by atoms with van der Waals surface area (Å²) in [5.41, 5.74) is 2.21. The molecule has 7 nitrogen and oxygen atoms in total. The largest absolute Gasteiger partial charge is 0.481 e. The van der Waals surface area contributed by atoms with E-state index in [0.29, 0.717) is 40.9 Å². The number of likely N-dealkylation sites (tertiary alicyclic amines) is 1. The van der Waals surface area contributed by atoms with Gasteiger partial charge >= 0.3 is 5.97 Å². The predicted molar refractivity (Wildman–Crippen MR) is 91.5 cm³/mol. The van der Waals surface area contributed by atoms with Crippen molar-refractivity contribution in [1.82, 2.24) is 15.0 Å². The Labute approximate surface area is 146 Å². The zero-order valence-corrected chi connectivity index (χ0v) is 14.9. The van der Waals surface area contributed by atoms with Crippen molar-refractivity contribution in [3.8, 4) is 0 Å². The number of nitrogens with zero attached hydrogens (tertiary/aromatic N) is 3. The molecule has 1 aliphatic rings. The van der Waals surface area contributed by atoms with Crippen LogP contribution in [0.2, 0.25) is 0 Å². The summed E-state index contributed by atoms with van der Waals surface area (Å²) in [5, 5.41) is 14.0. The normalized spacial score (nSPS) is 21.1. The van der Waals surface area contributed by atoms with Crippen LogP contribution >= 0.6 is 0 Å². The van der Waals surface area contributed by atoms with Crippen molar-refractivity contribution < 1.29 is 19.2 Å². The number of aryl methyl sites for hydroxylation is 1. The first-order valence-corrected chi connectivity index (χ1v) is 8.60. The summed E-state index contributed by atoms with van der Waals surface area (Å²) in [7, 11) is 0. The van der Waals surface area contributed by atoms with Crippen LogP contribution in [-0.2, 0) is 4.79 Å². The van der Waals surface area contributed by atoms with Crippen LogP contribution in [0.5, 0.6) is 0 Å². The van der Waals surface area contributed by atoms with Gasteiger partial charge in [-0.05, 0) is 38.7 Å². The van der Waals surface area contributed by atoms with Crippen molar-refractivity contribution in [1.29, 1.82) is 0 Å². The smallest absolute Gasteiger partial charge is 0.308 e. The number of carbonyl (C=O) groups excluding carboxylic acids is 1. The van der Waals surface area contributed by atoms with E-state index in [1.165, 1.54) is 0 Å². The maximum Gasteiger partial charge on any atom is 0.308 e. The van der Waals surface area contributed by atoms with E-state index in [4.69, 9.17) is 4.52 Å². The minimum Gasteiger partial charge on any atom is -0.481 e. The third-order valence-corrected chi connectivity index (χ3v) is 4.87. The lowest BCUT2D eigenvalue weighted by Gasteiger charge is -2.36. The number of piperidine rings is 1. The number of hydrogen-bond donors (Lipinski definition) is 1. The summed E-state index contributed by atoms with van der Waals surface area (Å²) in [6, 6.07) is 1.74. The minimum absolute atomic E-state index is 0.00557. The molecule has 1 aliphatic heterocycles. The molecule has 1 amide bonds. The third-order valence-electron chi connectivity index (χ3n) is 4.87. The second-order valence-electron chi connectivity index (χ2n) is 7.13. The highest BCUT2D eigenvalue weighted by Gasteiger charge is 2.34. The van der Waals surface area contributed by atoms with Crippen LogP contribution in [0.1, 0.15) is 61.3 Å². The quantitative estimate of drug-likeness (QED) is 0.918. The Morgan fingerprint density at radius 1 is 1.36 bits per heavy atom. The lowest BCUT2D eigenvalue weighted by molar-refractivity contribution is -0.143. The number of rotatable bonds is 3. The molecular weight excluding hydrogens is 322 g/mol. The minimum atomic E-state index is -0.853. The van der Waals surface area contributed by atoms with Gasteiger partial charge in [0.05, 0.1) is 22.6 Å². The number of carbonyl (C=O) groups is 2. The number of carboxylic acids is 1. The second kappa shape index (κ2) is 6.46. The zero-order chi connectivity index (χ0) is 18.3. The van der Waals surface area contributed by atoms with Crippen LogP contribution in [-0.4, -0.2) is 44.6 Å². The average Bonchev–Trinajstić information content (AvgIpc) is 2.97. The maximum absolute atomic E-state index is 13.3. The van der Waals surface area contributed by atoms with E-state index in [1.54, 1.807) is 17.9 Å². The first-order valence-electron chi connectivity index (χ1n) is 8.60. The Bertz CT molecular complexity index is 827. The molecule has 134 valence electrons. The Hall–Kier alpha value is -2.44. The van der Waals surface area contributed by atoms with E-state index in [1.807, 2.05) is 20.8 Å². The lowest BCUT2D eigenvalue weighted by atomic mass is 9.92. The second-order valence-corrected chi connectivity index (χ2v) is 7.13. The molecule has 2 aromatic heterocycles. The summed E-state index contributed by atoms with van der Waals surface area (Å²) in [6.07, 6.45) is 1.27. The Balaban J connectivity index is 2.07. The Morgan fingerprint density at radius 3 is 2.72 bits per heavy atom. The van der Waals surface area contributed by atoms with Gasteiger partial charge < -0.3 is 14.5 Å². The highest BCUT2D eigenvalue weighted by atomic mass is 16.5. The SMILES string of the molecule is Cc1cc(C(=O)N2CC(C(=O)O)CCC2C)c2c(C(C)C)noc2n1. The van der Waals surface area contributed by atoms with Crippen LogP contribution in [0.15, 0.2) is 10.6 Å². The van der Waals surface area contributed by atoms with E-state index in [0.717, 1.165) is 0 Å². The molecule has 0 saturated carbocycles. The highest BCUT2D eigenvalue weighted by molar-refractivity contribution is 6.06. The van der Waals surface area contributed by atoms with E-state index >= 15 is 0 Å². The molecule has 2 unspecified atom stereocenters. The molecule has 1 fully saturated rings. The van der Waals surface area contributed by atoms with Gasteiger partial charge in [0.25, 0.3) is 11.6 Å². The third kappa shape index (κ3) is 3.10. The molecule has 1 saturated heterocycles. The number of pyridine rings is 1. The summed E-state index contributed by atoms with van der Waals surface area (Å²) in [6.45, 7) is 7.94. The fourth-order valence-corrected chi connectivity index (χ4v) is 3.41. The maximum atomic E-state index is 13.3. The molecule has 3 heterocycles. The molecule has 0 radical (unpaired) electrons. The van der Waals surface area contributed by atoms with Crippen LogP contribution in [0.3, 0.4) is 0 Å². The van der Waals surface area contributed by atoms with Crippen molar-refractivity contribution >= 4 is 23.0 Å².